The van der Waals surface area contributed by atoms with Crippen LogP contribution in [0.2, 0.25) is 0 Å². The van der Waals surface area contributed by atoms with Crippen molar-refractivity contribution in [3.05, 3.63) is 49.1 Å². The predicted molar refractivity (Wildman–Crippen MR) is 243 cm³/mol. The maximum atomic E-state index is 11.4. The maximum absolute atomic E-state index is 11.4. The molecule has 0 radical (unpaired) electrons. The van der Waals surface area contributed by atoms with Gasteiger partial charge in [-0.15, -0.1) is 0 Å². The summed E-state index contributed by atoms with van der Waals surface area (Å²) in [5.41, 5.74) is 6.34. The molecule has 2 aliphatic carbocycles. The molecule has 5 aliphatic heterocycles. The lowest BCUT2D eigenvalue weighted by molar-refractivity contribution is -0.123. The molecule has 5 unspecified atom stereocenters. The fourth-order valence-electron chi connectivity index (χ4n) is 9.82. The molecule has 6 nitrogen and oxygen atoms in total. The van der Waals surface area contributed by atoms with Crippen LogP contribution in [0.4, 0.5) is 0 Å². The summed E-state index contributed by atoms with van der Waals surface area (Å²) in [6.45, 7) is 48.8. The highest BCUT2D eigenvalue weighted by Crippen LogP contribution is 2.47. The van der Waals surface area contributed by atoms with E-state index in [1.807, 2.05) is 0 Å². The molecule has 0 bridgehead atoms. The molecule has 0 aromatic heterocycles. The monoisotopic (exact) mass is 778 g/mol. The van der Waals surface area contributed by atoms with Crippen molar-refractivity contribution in [1.29, 1.82) is 0 Å². The molecule has 5 saturated heterocycles. The molecule has 1 amide bonds. The minimum atomic E-state index is 0.266. The fraction of sp³-hybridized carbons (Fsp3) is 0.820. The van der Waals surface area contributed by atoms with Crippen molar-refractivity contribution in [1.82, 2.24) is 26.6 Å². The number of hydrogen-bond donors (Lipinski definition) is 5. The van der Waals surface area contributed by atoms with Gasteiger partial charge in [0, 0.05) is 81.1 Å². The van der Waals surface area contributed by atoms with Crippen molar-refractivity contribution in [3.63, 3.8) is 0 Å². The average molecular weight is 778 g/mol. The molecule has 5 heterocycles. The molecule has 322 valence electrons. The third-order valence-electron chi connectivity index (χ3n) is 14.1. The minimum Gasteiger partial charge on any atom is -0.389 e. The van der Waals surface area contributed by atoms with Crippen molar-refractivity contribution in [2.75, 3.05) is 6.54 Å². The van der Waals surface area contributed by atoms with Crippen molar-refractivity contribution in [3.8, 4) is 0 Å². The van der Waals surface area contributed by atoms with Crippen LogP contribution in [0.3, 0.4) is 0 Å². The van der Waals surface area contributed by atoms with Gasteiger partial charge in [-0.05, 0) is 134 Å². The molecule has 7 aliphatic rings. The van der Waals surface area contributed by atoms with Gasteiger partial charge in [0.15, 0.2) is 0 Å². The molecule has 7 rings (SSSR count). The van der Waals surface area contributed by atoms with Crippen LogP contribution in [0.15, 0.2) is 49.1 Å². The zero-order valence-corrected chi connectivity index (χ0v) is 39.2. The molecule has 5 N–H and O–H groups in total. The number of rotatable bonds is 5. The van der Waals surface area contributed by atoms with Gasteiger partial charge in [0.2, 0.25) is 5.91 Å². The number of allylic oxidation sites excluding steroid dienone is 4. The molecular formula is C50H91N5O. The van der Waals surface area contributed by atoms with Gasteiger partial charge in [-0.3, -0.25) is 4.79 Å². The van der Waals surface area contributed by atoms with Crippen molar-refractivity contribution < 1.29 is 4.79 Å². The molecule has 0 aromatic carbocycles. The van der Waals surface area contributed by atoms with Gasteiger partial charge in [-0.2, -0.15) is 0 Å². The lowest BCUT2D eigenvalue weighted by Gasteiger charge is -2.40. The number of amides is 1. The van der Waals surface area contributed by atoms with E-state index in [2.05, 4.69) is 150 Å². The van der Waals surface area contributed by atoms with Crippen LogP contribution in [0.25, 0.3) is 0 Å². The summed E-state index contributed by atoms with van der Waals surface area (Å²) in [7, 11) is 0. The van der Waals surface area contributed by atoms with E-state index < -0.39 is 0 Å². The Morgan fingerprint density at radius 3 is 1.21 bits per heavy atom. The van der Waals surface area contributed by atoms with E-state index in [0.717, 1.165) is 42.6 Å². The van der Waals surface area contributed by atoms with Crippen LogP contribution >= 0.6 is 0 Å². The third-order valence-corrected chi connectivity index (χ3v) is 14.1. The number of piperidine rings is 3. The second-order valence-electron chi connectivity index (χ2n) is 22.1. The summed E-state index contributed by atoms with van der Waals surface area (Å²) < 4.78 is 0. The first-order chi connectivity index (χ1) is 25.8. The molecule has 0 aromatic rings. The number of nitrogens with one attached hydrogen (secondary N) is 5. The van der Waals surface area contributed by atoms with E-state index in [4.69, 9.17) is 0 Å². The van der Waals surface area contributed by atoms with E-state index in [-0.39, 0.29) is 28.4 Å². The molecule has 5 atom stereocenters. The third kappa shape index (κ3) is 14.2. The Bertz CT molecular complexity index is 1280. The van der Waals surface area contributed by atoms with Gasteiger partial charge in [0.1, 0.15) is 0 Å². The summed E-state index contributed by atoms with van der Waals surface area (Å²) >= 11 is 0. The number of hydrogen-bond acceptors (Lipinski definition) is 5. The summed E-state index contributed by atoms with van der Waals surface area (Å²) in [5, 5.41) is 16.9. The minimum absolute atomic E-state index is 0.266. The molecule has 7 fully saturated rings. The van der Waals surface area contributed by atoms with Crippen molar-refractivity contribution in [2.24, 2.45) is 59.2 Å². The van der Waals surface area contributed by atoms with Crippen LogP contribution in [0, 0.1) is 59.2 Å². The van der Waals surface area contributed by atoms with Gasteiger partial charge in [0.25, 0.3) is 0 Å². The number of carbonyl (C=O) groups excluding carboxylic acids is 1. The van der Waals surface area contributed by atoms with Crippen molar-refractivity contribution in [2.45, 2.75) is 196 Å². The topological polar surface area (TPSA) is 77.2 Å². The van der Waals surface area contributed by atoms with Crippen LogP contribution in [-0.4, -0.2) is 34.6 Å². The lowest BCUT2D eigenvalue weighted by atomic mass is 9.80. The molecule has 2 spiro atoms. The molecular weight excluding hydrogens is 687 g/mol. The summed E-state index contributed by atoms with van der Waals surface area (Å²) in [4.78, 5) is 11.4. The van der Waals surface area contributed by atoms with Gasteiger partial charge in [-0.1, -0.05) is 95.6 Å². The Morgan fingerprint density at radius 1 is 0.464 bits per heavy atom. The quantitative estimate of drug-likeness (QED) is 0.192. The van der Waals surface area contributed by atoms with Gasteiger partial charge < -0.3 is 26.6 Å². The second kappa shape index (κ2) is 19.6. The Morgan fingerprint density at radius 2 is 0.893 bits per heavy atom. The largest absolute Gasteiger partial charge is 0.389 e. The summed E-state index contributed by atoms with van der Waals surface area (Å²) in [6.07, 6.45) is 15.4. The summed E-state index contributed by atoms with van der Waals surface area (Å²) in [5.74, 6) is 6.82. The predicted octanol–water partition coefficient (Wildman–Crippen LogP) is 11.6. The fourth-order valence-corrected chi connectivity index (χ4v) is 9.82. The van der Waals surface area contributed by atoms with Crippen LogP contribution < -0.4 is 26.6 Å². The van der Waals surface area contributed by atoms with E-state index in [9.17, 15) is 4.79 Å². The Kier molecular flexibility index (Phi) is 16.8. The first kappa shape index (κ1) is 48.0. The highest BCUT2D eigenvalue weighted by atomic mass is 16.2. The lowest BCUT2D eigenvalue weighted by Crippen LogP contribution is -2.45. The van der Waals surface area contributed by atoms with E-state index in [0.29, 0.717) is 29.2 Å². The van der Waals surface area contributed by atoms with Crippen LogP contribution in [0.1, 0.15) is 174 Å². The van der Waals surface area contributed by atoms with E-state index in [1.165, 1.54) is 93.4 Å². The van der Waals surface area contributed by atoms with Crippen LogP contribution in [-0.2, 0) is 4.79 Å². The first-order valence-corrected chi connectivity index (χ1v) is 23.0. The smallest absolute Gasteiger partial charge is 0.223 e. The van der Waals surface area contributed by atoms with Crippen molar-refractivity contribution >= 4 is 5.91 Å². The average Bonchev–Trinajstić information content (AvgIpc) is 3.95. The van der Waals surface area contributed by atoms with Gasteiger partial charge >= 0.3 is 0 Å². The van der Waals surface area contributed by atoms with Crippen LogP contribution in [0.5, 0.6) is 0 Å². The first-order valence-electron chi connectivity index (χ1n) is 23.0. The Balaban J connectivity index is 0.000000188. The normalized spacial score (nSPS) is 30.1. The highest BCUT2D eigenvalue weighted by molar-refractivity contribution is 5.83. The zero-order valence-electron chi connectivity index (χ0n) is 39.2. The Labute approximate surface area is 347 Å². The molecule has 6 heteroatoms. The molecule has 56 heavy (non-hydrogen) atoms. The Hall–Kier alpha value is -2.37. The van der Waals surface area contributed by atoms with Gasteiger partial charge in [-0.25, -0.2) is 0 Å². The summed E-state index contributed by atoms with van der Waals surface area (Å²) in [6, 6.07) is 0. The van der Waals surface area contributed by atoms with E-state index >= 15 is 0 Å². The highest BCUT2D eigenvalue weighted by Gasteiger charge is 2.52. The maximum Gasteiger partial charge on any atom is 0.223 e. The standard InChI is InChI=1S/C11H19N.C11H21N.C10H19N.C9H15NO.C9H17N/c1-8(2)10-4-5-11(6-7-11)12-9(10)3;1-8(2)10-6-7-11(4,5)12-9(10)3;1-7(2)9-6-10(4,5)11-8(9)3;1-6(2)7-5-9(3-4-9)10-8(7)11;1-7(2)9-5-4-6-10-8(9)3/h8,10,12H,3-7H2,1-2H3;8,10,12H,3,6-7H2,1-2,4-5H3;7,9,11H,3,6H2,1-2,4-5H3;6-7H,3-5H2,1-2H3,(H,10,11);7,9-10H,3-6H2,1-2H3. The second-order valence-corrected chi connectivity index (χ2v) is 22.1. The van der Waals surface area contributed by atoms with Gasteiger partial charge in [0.05, 0.1) is 0 Å². The number of carbonyl (C=O) groups is 1. The molecule has 2 saturated carbocycles. The zero-order chi connectivity index (χ0) is 42.4. The SMILES string of the molecule is C=C1NC(C)(C)CC1C(C)C.C=C1NC(C)(C)CCC1C(C)C.C=C1NC2(CCC1C(C)C)CC2.C=C1NCCCC1C(C)C.CC(C)C1CC2(CC2)NC1=O. The van der Waals surface area contributed by atoms with E-state index in [1.54, 1.807) is 0 Å².